The molecule has 0 spiro atoms. The summed E-state index contributed by atoms with van der Waals surface area (Å²) in [6, 6.07) is 16.2. The zero-order valence-corrected chi connectivity index (χ0v) is 18.5. The third-order valence-corrected chi connectivity index (χ3v) is 6.11. The van der Waals surface area contributed by atoms with Crippen LogP contribution in [0.2, 0.25) is 0 Å². The quantitative estimate of drug-likeness (QED) is 0.447. The van der Waals surface area contributed by atoms with E-state index in [1.54, 1.807) is 31.4 Å². The Kier molecular flexibility index (Phi) is 5.43. The summed E-state index contributed by atoms with van der Waals surface area (Å²) < 4.78 is 5.58. The van der Waals surface area contributed by atoms with Gasteiger partial charge in [0.1, 0.15) is 11.5 Å². The molecule has 3 N–H and O–H groups in total. The molecule has 1 fully saturated rings. The maximum Gasteiger partial charge on any atom is 0.255 e. The van der Waals surface area contributed by atoms with Crippen molar-refractivity contribution in [2.75, 3.05) is 26.7 Å². The van der Waals surface area contributed by atoms with Gasteiger partial charge in [-0.1, -0.05) is 18.2 Å². The van der Waals surface area contributed by atoms with Gasteiger partial charge in [0, 0.05) is 30.8 Å². The number of carbonyl (C=O) groups excluding carboxylic acids is 1. The molecule has 5 rings (SSSR count). The van der Waals surface area contributed by atoms with Crippen molar-refractivity contribution in [1.29, 1.82) is 0 Å². The van der Waals surface area contributed by atoms with E-state index >= 15 is 0 Å². The first-order valence-corrected chi connectivity index (χ1v) is 10.9. The molecule has 1 amide bonds. The number of carbonyl (C=O) groups is 1. The lowest BCUT2D eigenvalue weighted by Crippen LogP contribution is -2.48. The first-order valence-electron chi connectivity index (χ1n) is 10.9. The first kappa shape index (κ1) is 21.0. The van der Waals surface area contributed by atoms with Crippen LogP contribution in [-0.2, 0) is 0 Å². The van der Waals surface area contributed by atoms with Crippen molar-refractivity contribution < 1.29 is 14.6 Å². The van der Waals surface area contributed by atoms with Crippen molar-refractivity contribution in [1.82, 2.24) is 25.4 Å². The Morgan fingerprint density at radius 3 is 2.76 bits per heavy atom. The summed E-state index contributed by atoms with van der Waals surface area (Å²) in [6.45, 7) is 3.78. The number of benzene rings is 2. The van der Waals surface area contributed by atoms with Crippen LogP contribution in [0, 0.1) is 6.92 Å². The monoisotopic (exact) mass is 443 g/mol. The highest BCUT2D eigenvalue weighted by molar-refractivity contribution is 6.07. The number of aromatic amines is 1. The molecule has 0 bridgehead atoms. The number of amides is 1. The predicted molar refractivity (Wildman–Crippen MR) is 125 cm³/mol. The number of phenolic OH excluding ortho intramolecular Hbond substituents is 1. The number of aromatic hydroxyl groups is 1. The van der Waals surface area contributed by atoms with E-state index in [1.165, 1.54) is 0 Å². The Hall–Kier alpha value is -3.91. The van der Waals surface area contributed by atoms with Gasteiger partial charge in [-0.2, -0.15) is 5.10 Å². The minimum Gasteiger partial charge on any atom is -0.508 e. The largest absolute Gasteiger partial charge is 0.508 e. The van der Waals surface area contributed by atoms with Gasteiger partial charge in [0.2, 0.25) is 0 Å². The number of rotatable bonds is 4. The number of nitrogens with one attached hydrogen (secondary N) is 2. The molecule has 1 unspecified atom stereocenters. The normalized spacial score (nSPS) is 16.2. The third-order valence-electron chi connectivity index (χ3n) is 6.11. The van der Waals surface area contributed by atoms with E-state index in [4.69, 9.17) is 4.74 Å². The van der Waals surface area contributed by atoms with E-state index in [9.17, 15) is 9.90 Å². The number of nitrogens with zero attached hydrogens (tertiary/aromatic N) is 3. The number of para-hydroxylation sites is 1. The number of pyridine rings is 1. The van der Waals surface area contributed by atoms with E-state index in [0.29, 0.717) is 36.5 Å². The Morgan fingerprint density at radius 2 is 1.97 bits per heavy atom. The second-order valence-corrected chi connectivity index (χ2v) is 8.09. The first-order chi connectivity index (χ1) is 16.1. The molecule has 1 aliphatic rings. The van der Waals surface area contributed by atoms with Crippen LogP contribution in [0.4, 0.5) is 0 Å². The molecule has 0 aliphatic carbocycles. The van der Waals surface area contributed by atoms with Crippen LogP contribution in [0.3, 0.4) is 0 Å². The lowest BCUT2D eigenvalue weighted by atomic mass is 9.99. The summed E-state index contributed by atoms with van der Waals surface area (Å²) in [5, 5.41) is 21.0. The van der Waals surface area contributed by atoms with Gasteiger partial charge >= 0.3 is 0 Å². The van der Waals surface area contributed by atoms with Gasteiger partial charge in [-0.15, -0.1) is 0 Å². The van der Waals surface area contributed by atoms with Crippen molar-refractivity contribution in [3.63, 3.8) is 0 Å². The Bertz CT molecular complexity index is 1320. The van der Waals surface area contributed by atoms with E-state index in [-0.39, 0.29) is 17.7 Å². The average molecular weight is 444 g/mol. The molecular formula is C25H25N5O3. The number of H-pyrrole nitrogens is 1. The van der Waals surface area contributed by atoms with Gasteiger partial charge < -0.3 is 20.1 Å². The predicted octanol–water partition coefficient (Wildman–Crippen LogP) is 3.43. The van der Waals surface area contributed by atoms with E-state index in [2.05, 4.69) is 20.5 Å². The summed E-state index contributed by atoms with van der Waals surface area (Å²) in [6.07, 6.45) is 0. The number of fused-ring (bicyclic) bond motifs is 1. The molecule has 0 saturated carbocycles. The minimum atomic E-state index is -0.171. The molecule has 1 aliphatic heterocycles. The standard InChI is InChI=1S/C25H25N5O3/c1-15-23-19(13-20(27-24(23)29-28-15)16-7-9-17(31)10-8-16)25(32)30-12-11-26-14-21(30)18-5-3-4-6-22(18)33-2/h3-10,13,21,26,31H,11-12,14H2,1-2H3,(H,27,28,29). The van der Waals surface area contributed by atoms with Gasteiger partial charge in [-0.25, -0.2) is 4.98 Å². The van der Waals surface area contributed by atoms with Crippen molar-refractivity contribution in [2.24, 2.45) is 0 Å². The van der Waals surface area contributed by atoms with Crippen molar-refractivity contribution in [2.45, 2.75) is 13.0 Å². The highest BCUT2D eigenvalue weighted by Gasteiger charge is 2.32. The van der Waals surface area contributed by atoms with Crippen molar-refractivity contribution in [3.05, 3.63) is 71.4 Å². The zero-order valence-electron chi connectivity index (χ0n) is 18.5. The van der Waals surface area contributed by atoms with Gasteiger partial charge in [0.25, 0.3) is 5.91 Å². The summed E-state index contributed by atoms with van der Waals surface area (Å²) in [4.78, 5) is 20.6. The van der Waals surface area contributed by atoms with Crippen LogP contribution in [0.1, 0.15) is 27.7 Å². The highest BCUT2D eigenvalue weighted by Crippen LogP contribution is 2.33. The number of methoxy groups -OCH3 is 1. The lowest BCUT2D eigenvalue weighted by Gasteiger charge is -2.37. The van der Waals surface area contributed by atoms with Gasteiger partial charge in [0.15, 0.2) is 5.65 Å². The summed E-state index contributed by atoms with van der Waals surface area (Å²) in [5.41, 5.74) is 4.24. The van der Waals surface area contributed by atoms with Gasteiger partial charge in [-0.3, -0.25) is 9.89 Å². The molecule has 0 radical (unpaired) electrons. The van der Waals surface area contributed by atoms with Crippen LogP contribution in [0.15, 0.2) is 54.6 Å². The summed E-state index contributed by atoms with van der Waals surface area (Å²) >= 11 is 0. The number of aryl methyl sites for hydroxylation is 1. The molecule has 1 atom stereocenters. The zero-order chi connectivity index (χ0) is 22.9. The SMILES string of the molecule is COc1ccccc1C1CNCCN1C(=O)c1cc(-c2ccc(O)cc2)nc2[nH]nc(C)c12. The molecule has 2 aromatic carbocycles. The number of piperazine rings is 1. The second-order valence-electron chi connectivity index (χ2n) is 8.09. The molecule has 4 aromatic rings. The second kappa shape index (κ2) is 8.55. The minimum absolute atomic E-state index is 0.0793. The smallest absolute Gasteiger partial charge is 0.255 e. The van der Waals surface area contributed by atoms with Gasteiger partial charge in [-0.05, 0) is 43.3 Å². The fourth-order valence-electron chi connectivity index (χ4n) is 4.46. The fraction of sp³-hybridized carbons (Fsp3) is 0.240. The maximum absolute atomic E-state index is 14.0. The molecule has 2 aromatic heterocycles. The maximum atomic E-state index is 14.0. The Morgan fingerprint density at radius 1 is 1.18 bits per heavy atom. The molecule has 8 nitrogen and oxygen atoms in total. The number of ether oxygens (including phenoxy) is 1. The van der Waals surface area contributed by atoms with E-state index in [0.717, 1.165) is 28.0 Å². The summed E-state index contributed by atoms with van der Waals surface area (Å²) in [7, 11) is 1.65. The number of aromatic nitrogens is 3. The number of hydrogen-bond donors (Lipinski definition) is 3. The van der Waals surface area contributed by atoms with Crippen LogP contribution in [-0.4, -0.2) is 57.8 Å². The van der Waals surface area contributed by atoms with Crippen LogP contribution in [0.25, 0.3) is 22.3 Å². The van der Waals surface area contributed by atoms with E-state index < -0.39 is 0 Å². The Balaban J connectivity index is 1.62. The average Bonchev–Trinajstić information content (AvgIpc) is 3.24. The van der Waals surface area contributed by atoms with Crippen LogP contribution < -0.4 is 10.1 Å². The topological polar surface area (TPSA) is 103 Å². The van der Waals surface area contributed by atoms with Crippen molar-refractivity contribution >= 4 is 16.9 Å². The van der Waals surface area contributed by atoms with Crippen molar-refractivity contribution in [3.8, 4) is 22.8 Å². The molecular weight excluding hydrogens is 418 g/mol. The molecule has 1 saturated heterocycles. The summed E-state index contributed by atoms with van der Waals surface area (Å²) in [5.74, 6) is 0.853. The molecule has 33 heavy (non-hydrogen) atoms. The molecule has 3 heterocycles. The van der Waals surface area contributed by atoms with Crippen LogP contribution >= 0.6 is 0 Å². The van der Waals surface area contributed by atoms with E-state index in [1.807, 2.05) is 42.2 Å². The lowest BCUT2D eigenvalue weighted by molar-refractivity contribution is 0.0633. The third kappa shape index (κ3) is 3.78. The molecule has 8 heteroatoms. The fourth-order valence-corrected chi connectivity index (χ4v) is 4.46. The van der Waals surface area contributed by atoms with Crippen LogP contribution in [0.5, 0.6) is 11.5 Å². The number of hydrogen-bond acceptors (Lipinski definition) is 6. The highest BCUT2D eigenvalue weighted by atomic mass is 16.5. The Labute approximate surface area is 191 Å². The van der Waals surface area contributed by atoms with Gasteiger partial charge in [0.05, 0.1) is 35.5 Å². The number of phenols is 1. The molecule has 168 valence electrons.